The fraction of sp³-hybridized carbons (Fsp3) is 0.282. The lowest BCUT2D eigenvalue weighted by Crippen LogP contribution is -2.38. The second kappa shape index (κ2) is 10.5. The van der Waals surface area contributed by atoms with Crippen LogP contribution in [0.2, 0.25) is 0 Å². The van der Waals surface area contributed by atoms with Gasteiger partial charge in [0.05, 0.1) is 23.7 Å². The average molecular weight is 552 g/mol. The largest absolute Gasteiger partial charge is 0.456 e. The number of aliphatic imine (C=N–C) groups is 1. The van der Waals surface area contributed by atoms with Gasteiger partial charge in [-0.3, -0.25) is 4.99 Å². The Hall–Kier alpha value is -4.24. The van der Waals surface area contributed by atoms with Crippen LogP contribution in [0.3, 0.4) is 0 Å². The third-order valence-corrected chi connectivity index (χ3v) is 9.80. The Morgan fingerprint density at radius 3 is 2.62 bits per heavy atom. The maximum Gasteiger partial charge on any atom is 0.218 e. The summed E-state index contributed by atoms with van der Waals surface area (Å²) in [7, 11) is 0. The molecular formula is C39H39N2O+. The van der Waals surface area contributed by atoms with Crippen molar-refractivity contribution in [3.63, 3.8) is 0 Å². The monoisotopic (exact) mass is 551 g/mol. The van der Waals surface area contributed by atoms with Crippen molar-refractivity contribution in [3.8, 4) is 11.3 Å². The van der Waals surface area contributed by atoms with E-state index in [9.17, 15) is 0 Å². The molecular weight excluding hydrogens is 512 g/mol. The van der Waals surface area contributed by atoms with Crippen molar-refractivity contribution in [1.82, 2.24) is 0 Å². The molecule has 0 aliphatic carbocycles. The van der Waals surface area contributed by atoms with Gasteiger partial charge in [0.25, 0.3) is 0 Å². The van der Waals surface area contributed by atoms with Crippen LogP contribution in [0.5, 0.6) is 0 Å². The number of benzene rings is 3. The predicted molar refractivity (Wildman–Crippen MR) is 175 cm³/mol. The molecule has 2 aromatic heterocycles. The van der Waals surface area contributed by atoms with Crippen LogP contribution >= 0.6 is 0 Å². The minimum atomic E-state index is 0.108. The summed E-state index contributed by atoms with van der Waals surface area (Å²) in [5, 5.41) is 2.40. The van der Waals surface area contributed by atoms with Gasteiger partial charge in [-0.25, -0.2) is 0 Å². The molecule has 0 fully saturated rings. The SMILES string of the molecule is C=CC1=NC2CC(=C)[n+]3ccc(C(CC)CC)cc3-c3c(cc4oc5ccccc5c4c3C)CCC2c2ccccc21. The van der Waals surface area contributed by atoms with E-state index in [1.54, 1.807) is 0 Å². The van der Waals surface area contributed by atoms with Gasteiger partial charge in [-0.15, -0.1) is 0 Å². The number of pyridine rings is 1. The van der Waals surface area contributed by atoms with E-state index < -0.39 is 0 Å². The summed E-state index contributed by atoms with van der Waals surface area (Å²) in [6.45, 7) is 15.7. The van der Waals surface area contributed by atoms with Crippen molar-refractivity contribution in [2.75, 3.05) is 0 Å². The summed E-state index contributed by atoms with van der Waals surface area (Å²) in [5.41, 5.74) is 13.1. The minimum absolute atomic E-state index is 0.108. The van der Waals surface area contributed by atoms with Gasteiger partial charge in [-0.05, 0) is 85.6 Å². The normalized spacial score (nSPS) is 18.3. The third-order valence-electron chi connectivity index (χ3n) is 9.80. The minimum Gasteiger partial charge on any atom is -0.456 e. The third kappa shape index (κ3) is 4.17. The standard InChI is InChI=1S/C39H39N2O/c1-6-26(7-2)27-19-20-41-24(4)21-34-31(29-13-9-10-14-30(29)33(8-3)40-34)18-17-28-23-37-39(25(5)38(28)35(41)22-27)32-15-11-12-16-36(32)42-37/h8-16,19-20,22-23,26,31,34H,3-4,6-7,17-18,21H2,1-2,5H3/q+1. The second-order valence-corrected chi connectivity index (χ2v) is 12.0. The van der Waals surface area contributed by atoms with Crippen LogP contribution in [-0.2, 0) is 6.42 Å². The van der Waals surface area contributed by atoms with Crippen molar-refractivity contribution in [1.29, 1.82) is 0 Å². The van der Waals surface area contributed by atoms with E-state index in [0.29, 0.717) is 11.8 Å². The van der Waals surface area contributed by atoms with Crippen LogP contribution in [-0.4, -0.2) is 11.8 Å². The van der Waals surface area contributed by atoms with E-state index in [2.05, 4.69) is 105 Å². The number of hydrogen-bond donors (Lipinski definition) is 0. The fourth-order valence-electron chi connectivity index (χ4n) is 7.65. The van der Waals surface area contributed by atoms with E-state index in [1.165, 1.54) is 49.8 Å². The lowest BCUT2D eigenvalue weighted by molar-refractivity contribution is -0.571. The Balaban J connectivity index is 1.50. The molecule has 7 rings (SSSR count). The Labute approximate surface area is 248 Å². The van der Waals surface area contributed by atoms with Crippen LogP contribution in [0.15, 0.2) is 102 Å². The first-order chi connectivity index (χ1) is 20.5. The van der Waals surface area contributed by atoms with Crippen molar-refractivity contribution in [2.24, 2.45) is 4.99 Å². The molecule has 0 saturated carbocycles. The summed E-state index contributed by atoms with van der Waals surface area (Å²) in [6, 6.07) is 24.4. The summed E-state index contributed by atoms with van der Waals surface area (Å²) in [5.74, 6) is 0.827. The maximum absolute atomic E-state index is 6.47. The molecule has 0 bridgehead atoms. The van der Waals surface area contributed by atoms with Gasteiger partial charge in [-0.2, -0.15) is 4.57 Å². The van der Waals surface area contributed by atoms with Crippen LogP contribution < -0.4 is 4.57 Å². The van der Waals surface area contributed by atoms with Crippen molar-refractivity contribution in [2.45, 2.75) is 70.8 Å². The summed E-state index contributed by atoms with van der Waals surface area (Å²) < 4.78 is 8.81. The van der Waals surface area contributed by atoms with E-state index in [0.717, 1.165) is 54.7 Å². The molecule has 2 unspecified atom stereocenters. The molecule has 0 amide bonds. The average Bonchev–Trinajstić information content (AvgIpc) is 3.39. The van der Waals surface area contributed by atoms with Crippen molar-refractivity contribution < 1.29 is 8.98 Å². The summed E-state index contributed by atoms with van der Waals surface area (Å²) >= 11 is 0. The molecule has 3 heteroatoms. The molecule has 0 saturated heterocycles. The quantitative estimate of drug-likeness (QED) is 0.204. The van der Waals surface area contributed by atoms with Crippen LogP contribution in [0.1, 0.15) is 79.2 Å². The lowest BCUT2D eigenvalue weighted by atomic mass is 9.77. The number of rotatable bonds is 4. The highest BCUT2D eigenvalue weighted by Gasteiger charge is 2.35. The Bertz CT molecular complexity index is 1900. The van der Waals surface area contributed by atoms with E-state index >= 15 is 0 Å². The number of aryl methyl sites for hydroxylation is 2. The number of fused-ring (bicyclic) bond motifs is 9. The molecule has 3 aromatic carbocycles. The van der Waals surface area contributed by atoms with Gasteiger partial charge >= 0.3 is 0 Å². The van der Waals surface area contributed by atoms with Gasteiger partial charge in [0, 0.05) is 34.4 Å². The number of para-hydroxylation sites is 1. The summed E-state index contributed by atoms with van der Waals surface area (Å²) in [6.07, 6.45) is 9.17. The maximum atomic E-state index is 6.47. The number of furan rings is 1. The van der Waals surface area contributed by atoms with Gasteiger partial charge in [0.1, 0.15) is 11.2 Å². The van der Waals surface area contributed by atoms with Crippen LogP contribution in [0.25, 0.3) is 38.9 Å². The zero-order valence-electron chi connectivity index (χ0n) is 25.0. The Morgan fingerprint density at radius 2 is 1.81 bits per heavy atom. The predicted octanol–water partition coefficient (Wildman–Crippen LogP) is 9.70. The highest BCUT2D eigenvalue weighted by molar-refractivity contribution is 6.10. The van der Waals surface area contributed by atoms with Crippen LogP contribution in [0.4, 0.5) is 0 Å². The summed E-state index contributed by atoms with van der Waals surface area (Å²) in [4.78, 5) is 5.29. The highest BCUT2D eigenvalue weighted by Crippen LogP contribution is 2.43. The number of aromatic nitrogens is 1. The number of allylic oxidation sites excluding steroid dienone is 1. The Kier molecular flexibility index (Phi) is 6.69. The van der Waals surface area contributed by atoms with Crippen molar-refractivity contribution >= 4 is 33.3 Å². The molecule has 210 valence electrons. The van der Waals surface area contributed by atoms with Crippen molar-refractivity contribution in [3.05, 3.63) is 120 Å². The second-order valence-electron chi connectivity index (χ2n) is 12.0. The molecule has 0 N–H and O–H groups in total. The lowest BCUT2D eigenvalue weighted by Gasteiger charge is -2.32. The van der Waals surface area contributed by atoms with Gasteiger partial charge in [0.15, 0.2) is 11.9 Å². The molecule has 2 aliphatic heterocycles. The molecule has 0 spiro atoms. The highest BCUT2D eigenvalue weighted by atomic mass is 16.3. The molecule has 4 heterocycles. The van der Waals surface area contributed by atoms with E-state index in [4.69, 9.17) is 16.0 Å². The Morgan fingerprint density at radius 1 is 1.02 bits per heavy atom. The number of hydrogen-bond acceptors (Lipinski definition) is 2. The van der Waals surface area contributed by atoms with Gasteiger partial charge in [-0.1, -0.05) is 62.9 Å². The first kappa shape index (κ1) is 26.6. The molecule has 2 atom stereocenters. The van der Waals surface area contributed by atoms with Gasteiger partial charge in [0.2, 0.25) is 5.69 Å². The van der Waals surface area contributed by atoms with Gasteiger partial charge < -0.3 is 4.42 Å². The smallest absolute Gasteiger partial charge is 0.218 e. The number of nitrogens with zero attached hydrogens (tertiary/aromatic N) is 2. The topological polar surface area (TPSA) is 29.4 Å². The fourth-order valence-corrected chi connectivity index (χ4v) is 7.65. The molecule has 0 radical (unpaired) electrons. The molecule has 5 aromatic rings. The molecule has 3 nitrogen and oxygen atoms in total. The molecule has 2 aliphatic rings. The van der Waals surface area contributed by atoms with Crippen LogP contribution in [0, 0.1) is 6.92 Å². The van der Waals surface area contributed by atoms with E-state index in [-0.39, 0.29) is 6.04 Å². The zero-order valence-corrected chi connectivity index (χ0v) is 25.0. The molecule has 42 heavy (non-hydrogen) atoms. The zero-order chi connectivity index (χ0) is 29.0. The van der Waals surface area contributed by atoms with E-state index in [1.807, 2.05) is 6.08 Å². The first-order valence-corrected chi connectivity index (χ1v) is 15.5. The first-order valence-electron chi connectivity index (χ1n) is 15.5.